The minimum atomic E-state index is -4.67. The standard InChI is InChI=1S/C19H20F3N7O2/c1-3-31-13-8-6-12(7-9-13)14-5-4-10-28(14)16(30)15-23-11(2)29(27-15)18-24-17(25-26-18)19(20,21)22/h6-9,14H,3-5,10H2,1-2H3,(H,24,25,26). The molecule has 0 bridgehead atoms. The predicted molar refractivity (Wildman–Crippen MR) is 102 cm³/mol. The maximum absolute atomic E-state index is 13.1. The number of H-pyrrole nitrogens is 1. The number of carbonyl (C=O) groups is 1. The van der Waals surface area contributed by atoms with Gasteiger partial charge in [-0.05, 0) is 44.4 Å². The van der Waals surface area contributed by atoms with Crippen molar-refractivity contribution in [3.8, 4) is 11.7 Å². The van der Waals surface area contributed by atoms with Crippen LogP contribution in [0.1, 0.15) is 53.6 Å². The number of ether oxygens (including phenoxy) is 1. The monoisotopic (exact) mass is 435 g/mol. The second kappa shape index (κ2) is 8.00. The summed E-state index contributed by atoms with van der Waals surface area (Å²) in [6.07, 6.45) is -3.06. The van der Waals surface area contributed by atoms with Crippen LogP contribution in [0.3, 0.4) is 0 Å². The van der Waals surface area contributed by atoms with E-state index in [4.69, 9.17) is 4.74 Å². The summed E-state index contributed by atoms with van der Waals surface area (Å²) < 4.78 is 44.8. The highest BCUT2D eigenvalue weighted by Crippen LogP contribution is 2.33. The van der Waals surface area contributed by atoms with Gasteiger partial charge in [0.25, 0.3) is 11.9 Å². The molecule has 2 aromatic heterocycles. The van der Waals surface area contributed by atoms with E-state index < -0.39 is 17.9 Å². The summed E-state index contributed by atoms with van der Waals surface area (Å²) in [6, 6.07) is 7.42. The Hall–Kier alpha value is -3.44. The van der Waals surface area contributed by atoms with E-state index in [0.29, 0.717) is 13.2 Å². The van der Waals surface area contributed by atoms with Crippen LogP contribution < -0.4 is 4.74 Å². The molecule has 31 heavy (non-hydrogen) atoms. The van der Waals surface area contributed by atoms with Crippen LogP contribution in [-0.2, 0) is 6.18 Å². The Morgan fingerprint density at radius 1 is 1.26 bits per heavy atom. The number of nitrogens with one attached hydrogen (secondary N) is 1. The van der Waals surface area contributed by atoms with Gasteiger partial charge >= 0.3 is 6.18 Å². The lowest BCUT2D eigenvalue weighted by molar-refractivity contribution is -0.144. The van der Waals surface area contributed by atoms with Crippen LogP contribution in [-0.4, -0.2) is 53.9 Å². The minimum absolute atomic E-state index is 0.117. The molecule has 1 N–H and O–H groups in total. The first-order chi connectivity index (χ1) is 14.8. The Bertz CT molecular complexity index is 1080. The van der Waals surface area contributed by atoms with Crippen molar-refractivity contribution < 1.29 is 22.7 Å². The van der Waals surface area contributed by atoms with Gasteiger partial charge in [0.05, 0.1) is 12.6 Å². The van der Waals surface area contributed by atoms with E-state index >= 15 is 0 Å². The summed E-state index contributed by atoms with van der Waals surface area (Å²) >= 11 is 0. The van der Waals surface area contributed by atoms with Gasteiger partial charge in [0.1, 0.15) is 11.6 Å². The quantitative estimate of drug-likeness (QED) is 0.661. The topological polar surface area (TPSA) is 102 Å². The molecule has 1 aromatic carbocycles. The van der Waals surface area contributed by atoms with E-state index in [1.54, 1.807) is 4.90 Å². The van der Waals surface area contributed by atoms with Crippen LogP contribution in [0.15, 0.2) is 24.3 Å². The Balaban J connectivity index is 1.56. The summed E-state index contributed by atoms with van der Waals surface area (Å²) in [5.41, 5.74) is 0.967. The van der Waals surface area contributed by atoms with Crippen LogP contribution >= 0.6 is 0 Å². The lowest BCUT2D eigenvalue weighted by atomic mass is 10.0. The molecule has 1 aliphatic rings. The molecule has 1 unspecified atom stereocenters. The minimum Gasteiger partial charge on any atom is -0.494 e. The highest BCUT2D eigenvalue weighted by Gasteiger charge is 2.36. The highest BCUT2D eigenvalue weighted by molar-refractivity contribution is 5.91. The fourth-order valence-corrected chi connectivity index (χ4v) is 3.58. The average molecular weight is 435 g/mol. The number of carbonyl (C=O) groups excluding carboxylic acids is 1. The number of hydrogen-bond acceptors (Lipinski definition) is 6. The lowest BCUT2D eigenvalue weighted by Crippen LogP contribution is -2.31. The number of benzene rings is 1. The molecular formula is C19H20F3N7O2. The summed E-state index contributed by atoms with van der Waals surface area (Å²) in [5.74, 6) is -1.14. The van der Waals surface area contributed by atoms with Crippen LogP contribution in [0.4, 0.5) is 13.2 Å². The van der Waals surface area contributed by atoms with Gasteiger partial charge in [0.2, 0.25) is 11.6 Å². The Labute approximate surface area is 175 Å². The van der Waals surface area contributed by atoms with Crippen LogP contribution in [0, 0.1) is 6.92 Å². The molecule has 0 saturated carbocycles. The first-order valence-corrected chi connectivity index (χ1v) is 9.75. The normalized spacial score (nSPS) is 16.7. The van der Waals surface area contributed by atoms with Crippen molar-refractivity contribution in [1.82, 2.24) is 34.8 Å². The summed E-state index contributed by atoms with van der Waals surface area (Å²) in [4.78, 5) is 22.3. The van der Waals surface area contributed by atoms with Crippen LogP contribution in [0.2, 0.25) is 0 Å². The zero-order chi connectivity index (χ0) is 22.2. The van der Waals surface area contributed by atoms with Gasteiger partial charge in [0.15, 0.2) is 0 Å². The van der Waals surface area contributed by atoms with Crippen LogP contribution in [0.5, 0.6) is 5.75 Å². The molecule has 0 aliphatic carbocycles. The second-order valence-corrected chi connectivity index (χ2v) is 7.03. The van der Waals surface area contributed by atoms with Gasteiger partial charge in [-0.25, -0.2) is 4.98 Å². The van der Waals surface area contributed by atoms with E-state index in [-0.39, 0.29) is 23.6 Å². The van der Waals surface area contributed by atoms with Crippen molar-refractivity contribution in [3.05, 3.63) is 47.3 Å². The van der Waals surface area contributed by atoms with Crippen molar-refractivity contribution in [2.24, 2.45) is 0 Å². The van der Waals surface area contributed by atoms with Gasteiger partial charge in [-0.15, -0.1) is 10.2 Å². The van der Waals surface area contributed by atoms with Crippen molar-refractivity contribution in [2.75, 3.05) is 13.2 Å². The molecule has 1 amide bonds. The molecule has 1 fully saturated rings. The Morgan fingerprint density at radius 3 is 2.65 bits per heavy atom. The zero-order valence-corrected chi connectivity index (χ0v) is 16.8. The second-order valence-electron chi connectivity index (χ2n) is 7.03. The van der Waals surface area contributed by atoms with Crippen molar-refractivity contribution in [1.29, 1.82) is 0 Å². The maximum atomic E-state index is 13.1. The number of rotatable bonds is 5. The third-order valence-electron chi connectivity index (χ3n) is 4.98. The number of alkyl halides is 3. The summed E-state index contributed by atoms with van der Waals surface area (Å²) in [6.45, 7) is 4.52. The van der Waals surface area contributed by atoms with Gasteiger partial charge in [0, 0.05) is 6.54 Å². The highest BCUT2D eigenvalue weighted by atomic mass is 19.4. The fraction of sp³-hybridized carbons (Fsp3) is 0.421. The van der Waals surface area contributed by atoms with E-state index in [1.165, 1.54) is 6.92 Å². The lowest BCUT2D eigenvalue weighted by Gasteiger charge is -2.24. The molecule has 3 heterocycles. The average Bonchev–Trinajstić information content (AvgIpc) is 3.47. The molecule has 1 saturated heterocycles. The van der Waals surface area contributed by atoms with Crippen molar-refractivity contribution in [2.45, 2.75) is 38.9 Å². The molecule has 1 aliphatic heterocycles. The molecule has 3 aromatic rings. The molecule has 4 rings (SSSR count). The fourth-order valence-electron chi connectivity index (χ4n) is 3.58. The summed E-state index contributed by atoms with van der Waals surface area (Å²) in [7, 11) is 0. The van der Waals surface area contributed by atoms with Gasteiger partial charge in [-0.3, -0.25) is 9.89 Å². The van der Waals surface area contributed by atoms with Gasteiger partial charge in [-0.1, -0.05) is 12.1 Å². The molecule has 1 atom stereocenters. The first-order valence-electron chi connectivity index (χ1n) is 9.75. The largest absolute Gasteiger partial charge is 0.494 e. The third kappa shape index (κ3) is 4.09. The Kier molecular flexibility index (Phi) is 5.38. The smallest absolute Gasteiger partial charge is 0.451 e. The molecular weight excluding hydrogens is 415 g/mol. The number of amides is 1. The number of aryl methyl sites for hydroxylation is 1. The van der Waals surface area contributed by atoms with Crippen molar-refractivity contribution in [3.63, 3.8) is 0 Å². The number of likely N-dealkylation sites (tertiary alicyclic amines) is 1. The van der Waals surface area contributed by atoms with E-state index in [2.05, 4.69) is 20.2 Å². The number of nitrogens with zero attached hydrogens (tertiary/aromatic N) is 6. The number of aromatic amines is 1. The van der Waals surface area contributed by atoms with Gasteiger partial charge in [-0.2, -0.15) is 22.8 Å². The summed E-state index contributed by atoms with van der Waals surface area (Å²) in [5, 5.41) is 9.43. The SMILES string of the molecule is CCOc1ccc(C2CCCN2C(=O)c2nc(C)n(-c3n[nH]c(C(F)(F)F)n3)n2)cc1. The maximum Gasteiger partial charge on any atom is 0.451 e. The van der Waals surface area contributed by atoms with E-state index in [1.807, 2.05) is 36.3 Å². The van der Waals surface area contributed by atoms with Gasteiger partial charge < -0.3 is 9.64 Å². The zero-order valence-electron chi connectivity index (χ0n) is 16.8. The van der Waals surface area contributed by atoms with Crippen molar-refractivity contribution >= 4 is 5.91 Å². The Morgan fingerprint density at radius 2 is 2.00 bits per heavy atom. The molecule has 12 heteroatoms. The van der Waals surface area contributed by atoms with E-state index in [9.17, 15) is 18.0 Å². The third-order valence-corrected chi connectivity index (χ3v) is 4.98. The molecule has 0 spiro atoms. The van der Waals surface area contributed by atoms with Crippen LogP contribution in [0.25, 0.3) is 5.95 Å². The molecule has 164 valence electrons. The predicted octanol–water partition coefficient (Wildman–Crippen LogP) is 3.09. The number of hydrogen-bond donors (Lipinski definition) is 1. The first kappa shape index (κ1) is 20.8. The molecule has 9 nitrogen and oxygen atoms in total. The van der Waals surface area contributed by atoms with E-state index in [0.717, 1.165) is 28.8 Å². The molecule has 0 radical (unpaired) electrons. The number of halogens is 3. The number of aromatic nitrogens is 6.